The normalized spacial score (nSPS) is 17.7. The molecule has 4 unspecified atom stereocenters. The highest BCUT2D eigenvalue weighted by Gasteiger charge is 2.38. The van der Waals surface area contributed by atoms with E-state index in [-0.39, 0.29) is 18.8 Å². The Kier molecular flexibility index (Phi) is 9.45. The Morgan fingerprint density at radius 2 is 1.82 bits per heavy atom. The zero-order chi connectivity index (χ0) is 28.0. The molecule has 2 heterocycles. The van der Waals surface area contributed by atoms with E-state index in [4.69, 9.17) is 5.73 Å². The number of carbonyl (C=O) groups excluding carboxylic acids is 3. The molecule has 1 aromatic heterocycles. The summed E-state index contributed by atoms with van der Waals surface area (Å²) in [7, 11) is 0. The van der Waals surface area contributed by atoms with Crippen molar-refractivity contribution in [3.05, 3.63) is 36.0 Å². The number of rotatable bonds is 12. The third-order valence-corrected chi connectivity index (χ3v) is 6.60. The maximum absolute atomic E-state index is 13.2. The first-order chi connectivity index (χ1) is 18.0. The number of aromatic amines is 1. The molecule has 1 aliphatic rings. The van der Waals surface area contributed by atoms with Gasteiger partial charge in [0.2, 0.25) is 17.7 Å². The van der Waals surface area contributed by atoms with Gasteiger partial charge in [-0.25, -0.2) is 4.79 Å². The molecule has 206 valence electrons. The van der Waals surface area contributed by atoms with Gasteiger partial charge in [-0.1, -0.05) is 32.0 Å². The van der Waals surface area contributed by atoms with Gasteiger partial charge >= 0.3 is 11.9 Å². The summed E-state index contributed by atoms with van der Waals surface area (Å²) in [5.74, 6) is -4.68. The van der Waals surface area contributed by atoms with Crippen molar-refractivity contribution >= 4 is 40.6 Å². The molecule has 0 bridgehead atoms. The number of carbonyl (C=O) groups is 5. The quantitative estimate of drug-likeness (QED) is 0.230. The highest BCUT2D eigenvalue weighted by atomic mass is 16.4. The van der Waals surface area contributed by atoms with Crippen LogP contribution in [0, 0.1) is 5.92 Å². The number of carboxylic acid groups (broad SMARTS) is 2. The predicted octanol–water partition coefficient (Wildman–Crippen LogP) is 0.604. The highest BCUT2D eigenvalue weighted by Crippen LogP contribution is 2.22. The van der Waals surface area contributed by atoms with Crippen LogP contribution in [-0.2, 0) is 30.4 Å². The van der Waals surface area contributed by atoms with E-state index < -0.39 is 60.2 Å². The van der Waals surface area contributed by atoms with Crippen LogP contribution in [0.3, 0.4) is 0 Å². The molecular weight excluding hydrogens is 494 g/mol. The molecular formula is C26H35N5O7. The summed E-state index contributed by atoms with van der Waals surface area (Å²) in [4.78, 5) is 66.6. The minimum Gasteiger partial charge on any atom is -0.481 e. The highest BCUT2D eigenvalue weighted by molar-refractivity contribution is 5.96. The zero-order valence-electron chi connectivity index (χ0n) is 21.5. The third-order valence-electron chi connectivity index (χ3n) is 6.60. The first-order valence-corrected chi connectivity index (χ1v) is 12.6. The smallest absolute Gasteiger partial charge is 0.326 e. The minimum absolute atomic E-state index is 0.0459. The molecule has 3 rings (SSSR count). The summed E-state index contributed by atoms with van der Waals surface area (Å²) in [5, 5.41) is 24.4. The van der Waals surface area contributed by atoms with Gasteiger partial charge in [0.1, 0.15) is 18.1 Å². The molecule has 4 atom stereocenters. The molecule has 0 saturated carbocycles. The van der Waals surface area contributed by atoms with Crippen LogP contribution in [0.15, 0.2) is 30.5 Å². The summed E-state index contributed by atoms with van der Waals surface area (Å²) in [6.45, 7) is 3.87. The number of aromatic nitrogens is 1. The van der Waals surface area contributed by atoms with Gasteiger partial charge < -0.3 is 36.5 Å². The van der Waals surface area contributed by atoms with Crippen molar-refractivity contribution < 1.29 is 34.2 Å². The maximum atomic E-state index is 13.2. The van der Waals surface area contributed by atoms with Crippen LogP contribution >= 0.6 is 0 Å². The topological polar surface area (TPSA) is 195 Å². The molecule has 1 saturated heterocycles. The molecule has 12 heteroatoms. The lowest BCUT2D eigenvalue weighted by atomic mass is 10.0. The molecule has 0 spiro atoms. The van der Waals surface area contributed by atoms with E-state index in [0.29, 0.717) is 19.4 Å². The first-order valence-electron chi connectivity index (χ1n) is 12.6. The van der Waals surface area contributed by atoms with Crippen molar-refractivity contribution in [2.75, 3.05) is 6.54 Å². The third kappa shape index (κ3) is 7.09. The molecule has 1 aromatic carbocycles. The van der Waals surface area contributed by atoms with Crippen molar-refractivity contribution in [1.29, 1.82) is 0 Å². The second-order valence-corrected chi connectivity index (χ2v) is 10.0. The molecule has 38 heavy (non-hydrogen) atoms. The summed E-state index contributed by atoms with van der Waals surface area (Å²) in [5.41, 5.74) is 8.03. The van der Waals surface area contributed by atoms with E-state index >= 15 is 0 Å². The maximum Gasteiger partial charge on any atom is 0.326 e. The van der Waals surface area contributed by atoms with Gasteiger partial charge in [-0.05, 0) is 43.2 Å². The Bertz CT molecular complexity index is 1190. The number of amides is 3. The second-order valence-electron chi connectivity index (χ2n) is 10.0. The van der Waals surface area contributed by atoms with Crippen molar-refractivity contribution in [1.82, 2.24) is 20.5 Å². The predicted molar refractivity (Wildman–Crippen MR) is 138 cm³/mol. The number of benzene rings is 1. The number of nitrogens with zero attached hydrogens (tertiary/aromatic N) is 1. The molecule has 12 nitrogen and oxygen atoms in total. The summed E-state index contributed by atoms with van der Waals surface area (Å²) in [6, 6.07) is 3.05. The van der Waals surface area contributed by atoms with Crippen LogP contribution in [0.25, 0.3) is 10.9 Å². The average Bonchev–Trinajstić information content (AvgIpc) is 3.50. The number of likely N-dealkylation sites (tertiary alicyclic amines) is 1. The average molecular weight is 530 g/mol. The number of hydrogen-bond acceptors (Lipinski definition) is 6. The Morgan fingerprint density at radius 3 is 2.47 bits per heavy atom. The van der Waals surface area contributed by atoms with Gasteiger partial charge in [-0.15, -0.1) is 0 Å². The van der Waals surface area contributed by atoms with E-state index in [2.05, 4.69) is 15.6 Å². The summed E-state index contributed by atoms with van der Waals surface area (Å²) in [6.07, 6.45) is 2.30. The summed E-state index contributed by atoms with van der Waals surface area (Å²) >= 11 is 0. The van der Waals surface area contributed by atoms with Crippen LogP contribution in [0.5, 0.6) is 0 Å². The van der Waals surface area contributed by atoms with Crippen LogP contribution in [0.4, 0.5) is 0 Å². The second kappa shape index (κ2) is 12.5. The van der Waals surface area contributed by atoms with Crippen molar-refractivity contribution in [2.24, 2.45) is 11.7 Å². The zero-order valence-corrected chi connectivity index (χ0v) is 21.5. The fourth-order valence-electron chi connectivity index (χ4n) is 4.76. The van der Waals surface area contributed by atoms with Crippen molar-refractivity contribution in [3.8, 4) is 0 Å². The lowest BCUT2D eigenvalue weighted by molar-refractivity contribution is -0.145. The van der Waals surface area contributed by atoms with Crippen molar-refractivity contribution in [3.63, 3.8) is 0 Å². The number of aliphatic carboxylic acids is 2. The van der Waals surface area contributed by atoms with Gasteiger partial charge in [0.05, 0.1) is 12.5 Å². The molecule has 0 aliphatic carbocycles. The number of nitrogens with one attached hydrogen (secondary N) is 3. The SMILES string of the molecule is CC(C)CC(NC(=O)C(CC(=O)O)NC(=O)C1CCCN1C(=O)C(N)Cc1c[nH]c2ccccc12)C(=O)O. The molecule has 3 amide bonds. The standard InChI is InChI=1S/C26H35N5O7/c1-14(2)10-20(26(37)38)30-23(34)19(12-22(32)33)29-24(35)21-8-5-9-31(21)25(36)17(27)11-15-13-28-18-7-4-3-6-16(15)18/h3-4,6-7,13-14,17,19-21,28H,5,8-12,27H2,1-2H3,(H,29,35)(H,30,34)(H,32,33)(H,37,38). The molecule has 1 aliphatic heterocycles. The van der Waals surface area contributed by atoms with Gasteiger partial charge in [0, 0.05) is 23.6 Å². The Labute approximate surface area is 219 Å². The lowest BCUT2D eigenvalue weighted by Crippen LogP contribution is -2.57. The largest absolute Gasteiger partial charge is 0.481 e. The first kappa shape index (κ1) is 28.6. The van der Waals surface area contributed by atoms with Crippen LogP contribution in [0.1, 0.15) is 45.1 Å². The molecule has 7 N–H and O–H groups in total. The number of para-hydroxylation sites is 1. The van der Waals surface area contributed by atoms with Gasteiger partial charge in [-0.2, -0.15) is 0 Å². The number of fused-ring (bicyclic) bond motifs is 1. The Balaban J connectivity index is 1.68. The monoisotopic (exact) mass is 529 g/mol. The molecule has 1 fully saturated rings. The lowest BCUT2D eigenvalue weighted by Gasteiger charge is -2.28. The molecule has 0 radical (unpaired) electrons. The van der Waals surface area contributed by atoms with E-state index in [9.17, 15) is 34.2 Å². The van der Waals surface area contributed by atoms with Gasteiger partial charge in [0.15, 0.2) is 0 Å². The number of carboxylic acids is 2. The Morgan fingerprint density at radius 1 is 1.11 bits per heavy atom. The van der Waals surface area contributed by atoms with Crippen LogP contribution in [0.2, 0.25) is 0 Å². The van der Waals surface area contributed by atoms with Gasteiger partial charge in [-0.3, -0.25) is 19.2 Å². The van der Waals surface area contributed by atoms with Crippen LogP contribution < -0.4 is 16.4 Å². The number of H-pyrrole nitrogens is 1. The molecule has 2 aromatic rings. The van der Waals surface area contributed by atoms with E-state index in [0.717, 1.165) is 16.5 Å². The fourth-order valence-corrected chi connectivity index (χ4v) is 4.76. The minimum atomic E-state index is -1.51. The summed E-state index contributed by atoms with van der Waals surface area (Å²) < 4.78 is 0. The van der Waals surface area contributed by atoms with E-state index in [1.165, 1.54) is 4.90 Å². The number of nitrogens with two attached hydrogens (primary N) is 1. The van der Waals surface area contributed by atoms with Crippen molar-refractivity contribution in [2.45, 2.75) is 70.1 Å². The van der Waals surface area contributed by atoms with E-state index in [1.54, 1.807) is 20.0 Å². The number of hydrogen-bond donors (Lipinski definition) is 6. The van der Waals surface area contributed by atoms with E-state index in [1.807, 2.05) is 24.3 Å². The fraction of sp³-hybridized carbons (Fsp3) is 0.500. The van der Waals surface area contributed by atoms with Gasteiger partial charge in [0.25, 0.3) is 0 Å². The Hall–Kier alpha value is -3.93. The van der Waals surface area contributed by atoms with Crippen LogP contribution in [-0.4, -0.2) is 80.5 Å².